The summed E-state index contributed by atoms with van der Waals surface area (Å²) in [7, 11) is 0. The maximum atomic E-state index is 12.2. The second-order valence-corrected chi connectivity index (χ2v) is 6.51. The van der Waals surface area contributed by atoms with E-state index in [0.717, 1.165) is 24.8 Å². The van der Waals surface area contributed by atoms with Crippen LogP contribution in [0.4, 0.5) is 0 Å². The summed E-state index contributed by atoms with van der Waals surface area (Å²) in [4.78, 5) is 26.5. The first-order valence-corrected chi connectivity index (χ1v) is 8.12. The van der Waals surface area contributed by atoms with Gasteiger partial charge in [-0.1, -0.05) is 6.92 Å². The standard InChI is InChI=1S/C17H24N2O2/c1-2-16(20)15-5-3-7-19(17(15)21)8-4-6-18-11-13-9-14(10-13)12-18/h3,5,7,13-14H,2,4,6,8-12H2,1H3. The van der Waals surface area contributed by atoms with E-state index >= 15 is 0 Å². The van der Waals surface area contributed by atoms with E-state index in [1.54, 1.807) is 29.8 Å². The Labute approximate surface area is 125 Å². The van der Waals surface area contributed by atoms with Crippen molar-refractivity contribution in [3.8, 4) is 0 Å². The third-order valence-electron chi connectivity index (χ3n) is 4.88. The molecule has 0 amide bonds. The van der Waals surface area contributed by atoms with Gasteiger partial charge in [0.2, 0.25) is 0 Å². The average Bonchev–Trinajstić information content (AvgIpc) is 2.47. The fraction of sp³-hybridized carbons (Fsp3) is 0.647. The number of carbonyl (C=O) groups excluding carboxylic acids is 1. The van der Waals surface area contributed by atoms with Crippen LogP contribution in [0.25, 0.3) is 0 Å². The van der Waals surface area contributed by atoms with Gasteiger partial charge in [0.15, 0.2) is 5.78 Å². The van der Waals surface area contributed by atoms with E-state index in [1.165, 1.54) is 25.9 Å². The first-order valence-electron chi connectivity index (χ1n) is 8.12. The highest BCUT2D eigenvalue weighted by Gasteiger charge is 2.36. The largest absolute Gasteiger partial charge is 0.315 e. The number of rotatable bonds is 6. The number of aromatic nitrogens is 1. The molecule has 4 nitrogen and oxygen atoms in total. The average molecular weight is 288 g/mol. The van der Waals surface area contributed by atoms with Crippen molar-refractivity contribution in [3.63, 3.8) is 0 Å². The number of aryl methyl sites for hydroxylation is 1. The molecule has 1 aliphatic carbocycles. The minimum atomic E-state index is -0.133. The highest BCUT2D eigenvalue weighted by Crippen LogP contribution is 2.39. The molecular weight excluding hydrogens is 264 g/mol. The molecule has 0 radical (unpaired) electrons. The number of hydrogen-bond acceptors (Lipinski definition) is 3. The molecule has 4 rings (SSSR count). The summed E-state index contributed by atoms with van der Waals surface area (Å²) in [5, 5.41) is 0. The summed E-state index contributed by atoms with van der Waals surface area (Å²) in [6.45, 7) is 6.03. The summed E-state index contributed by atoms with van der Waals surface area (Å²) in [6.07, 6.45) is 6.01. The predicted molar refractivity (Wildman–Crippen MR) is 82.6 cm³/mol. The van der Waals surface area contributed by atoms with Crippen molar-refractivity contribution in [3.05, 3.63) is 34.2 Å². The molecule has 1 aromatic heterocycles. The maximum Gasteiger partial charge on any atom is 0.261 e. The van der Waals surface area contributed by atoms with Gasteiger partial charge in [-0.3, -0.25) is 9.59 Å². The van der Waals surface area contributed by atoms with Crippen LogP contribution in [0, 0.1) is 11.8 Å². The zero-order chi connectivity index (χ0) is 14.8. The van der Waals surface area contributed by atoms with Crippen LogP contribution in [0.1, 0.15) is 43.0 Å². The van der Waals surface area contributed by atoms with Crippen molar-refractivity contribution in [2.45, 2.75) is 39.2 Å². The van der Waals surface area contributed by atoms with E-state index in [9.17, 15) is 9.59 Å². The number of fused-ring (bicyclic) bond motifs is 2. The van der Waals surface area contributed by atoms with Crippen molar-refractivity contribution >= 4 is 5.78 Å². The first-order chi connectivity index (χ1) is 10.2. The van der Waals surface area contributed by atoms with Gasteiger partial charge in [-0.25, -0.2) is 0 Å². The van der Waals surface area contributed by atoms with E-state index in [1.807, 2.05) is 0 Å². The molecule has 2 saturated heterocycles. The summed E-state index contributed by atoms with van der Waals surface area (Å²) in [5.41, 5.74) is 0.199. The minimum Gasteiger partial charge on any atom is -0.315 e. The molecule has 3 aliphatic rings. The molecule has 114 valence electrons. The molecule has 0 atom stereocenters. The Morgan fingerprint density at radius 3 is 2.62 bits per heavy atom. The Morgan fingerprint density at radius 1 is 1.24 bits per heavy atom. The van der Waals surface area contributed by atoms with Crippen LogP contribution in [0.15, 0.2) is 23.1 Å². The number of pyridine rings is 1. The third kappa shape index (κ3) is 3.10. The van der Waals surface area contributed by atoms with Gasteiger partial charge in [0, 0.05) is 32.3 Å². The smallest absolute Gasteiger partial charge is 0.261 e. The number of piperidine rings is 2. The molecule has 0 unspecified atom stereocenters. The Hall–Kier alpha value is -1.42. The fourth-order valence-corrected chi connectivity index (χ4v) is 3.74. The zero-order valence-corrected chi connectivity index (χ0v) is 12.8. The van der Waals surface area contributed by atoms with Crippen LogP contribution < -0.4 is 5.56 Å². The minimum absolute atomic E-state index is 0.0644. The summed E-state index contributed by atoms with van der Waals surface area (Å²) < 4.78 is 1.69. The van der Waals surface area contributed by atoms with Crippen molar-refractivity contribution < 1.29 is 4.79 Å². The molecule has 0 N–H and O–H groups in total. The SMILES string of the molecule is CCC(=O)c1cccn(CCCN2CC3CC(C3)C2)c1=O. The third-order valence-corrected chi connectivity index (χ3v) is 4.88. The molecule has 1 saturated carbocycles. The van der Waals surface area contributed by atoms with Crippen LogP contribution in [0.3, 0.4) is 0 Å². The monoisotopic (exact) mass is 288 g/mol. The molecule has 2 bridgehead atoms. The van der Waals surface area contributed by atoms with Gasteiger partial charge in [-0.15, -0.1) is 0 Å². The van der Waals surface area contributed by atoms with E-state index in [0.29, 0.717) is 18.5 Å². The highest BCUT2D eigenvalue weighted by atomic mass is 16.1. The van der Waals surface area contributed by atoms with Crippen molar-refractivity contribution in [1.29, 1.82) is 0 Å². The lowest BCUT2D eigenvalue weighted by molar-refractivity contribution is 0.0264. The fourth-order valence-electron chi connectivity index (χ4n) is 3.74. The van der Waals surface area contributed by atoms with Gasteiger partial charge in [-0.2, -0.15) is 0 Å². The van der Waals surface area contributed by atoms with Crippen LogP contribution in [-0.4, -0.2) is 34.9 Å². The van der Waals surface area contributed by atoms with Gasteiger partial charge in [-0.05, 0) is 49.8 Å². The van der Waals surface area contributed by atoms with Gasteiger partial charge >= 0.3 is 0 Å². The maximum absolute atomic E-state index is 12.2. The first kappa shape index (κ1) is 14.5. The molecule has 3 heterocycles. The van der Waals surface area contributed by atoms with E-state index < -0.39 is 0 Å². The van der Waals surface area contributed by atoms with Crippen LogP contribution in [0.5, 0.6) is 0 Å². The van der Waals surface area contributed by atoms with Crippen LogP contribution in [-0.2, 0) is 6.54 Å². The van der Waals surface area contributed by atoms with E-state index in [2.05, 4.69) is 4.90 Å². The van der Waals surface area contributed by atoms with Gasteiger partial charge in [0.1, 0.15) is 0 Å². The zero-order valence-electron chi connectivity index (χ0n) is 12.8. The summed E-state index contributed by atoms with van der Waals surface area (Å²) >= 11 is 0. The van der Waals surface area contributed by atoms with Crippen LogP contribution in [0.2, 0.25) is 0 Å². The molecular formula is C17H24N2O2. The summed E-state index contributed by atoms with van der Waals surface area (Å²) in [5.74, 6) is 1.79. The number of ketones is 1. The molecule has 2 aliphatic heterocycles. The van der Waals surface area contributed by atoms with Crippen molar-refractivity contribution in [2.75, 3.05) is 19.6 Å². The predicted octanol–water partition coefficient (Wildman–Crippen LogP) is 2.17. The molecule has 0 aromatic carbocycles. The lowest BCUT2D eigenvalue weighted by Gasteiger charge is -2.47. The van der Waals surface area contributed by atoms with Gasteiger partial charge in [0.05, 0.1) is 5.56 Å². The van der Waals surface area contributed by atoms with Crippen LogP contribution >= 0.6 is 0 Å². The van der Waals surface area contributed by atoms with E-state index in [4.69, 9.17) is 0 Å². The quantitative estimate of drug-likeness (QED) is 0.753. The normalized spacial score (nSPS) is 24.6. The Balaban J connectivity index is 1.55. The lowest BCUT2D eigenvalue weighted by Crippen LogP contribution is -2.48. The van der Waals surface area contributed by atoms with Gasteiger partial charge < -0.3 is 9.47 Å². The topological polar surface area (TPSA) is 42.3 Å². The molecule has 4 heteroatoms. The highest BCUT2D eigenvalue weighted by molar-refractivity contribution is 5.95. The Bertz CT molecular complexity index is 562. The van der Waals surface area contributed by atoms with Gasteiger partial charge in [0.25, 0.3) is 5.56 Å². The van der Waals surface area contributed by atoms with Crippen molar-refractivity contribution in [2.24, 2.45) is 11.8 Å². The molecule has 1 aromatic rings. The second-order valence-electron chi connectivity index (χ2n) is 6.51. The number of nitrogens with zero attached hydrogens (tertiary/aromatic N) is 2. The lowest BCUT2D eigenvalue weighted by atomic mass is 9.71. The Morgan fingerprint density at radius 2 is 1.95 bits per heavy atom. The van der Waals surface area contributed by atoms with Crippen molar-refractivity contribution in [1.82, 2.24) is 9.47 Å². The second kappa shape index (κ2) is 6.14. The Kier molecular flexibility index (Phi) is 4.24. The molecule has 3 fully saturated rings. The number of carbonyl (C=O) groups is 1. The number of hydrogen-bond donors (Lipinski definition) is 0. The molecule has 21 heavy (non-hydrogen) atoms. The number of Topliss-reactive ketones (excluding diaryl/α,β-unsaturated/α-hetero) is 1. The summed E-state index contributed by atoms with van der Waals surface area (Å²) in [6, 6.07) is 3.45. The molecule has 0 spiro atoms. The van der Waals surface area contributed by atoms with E-state index in [-0.39, 0.29) is 11.3 Å².